The summed E-state index contributed by atoms with van der Waals surface area (Å²) in [5.74, 6) is 9.05. The number of nitrogens with one attached hydrogen (secondary N) is 2. The highest BCUT2D eigenvalue weighted by Crippen LogP contribution is 2.64. The first kappa shape index (κ1) is 44.2. The molecule has 2 heterocycles. The molecule has 8 bridgehead atoms. The molecule has 1 aromatic heterocycles. The van der Waals surface area contributed by atoms with Crippen molar-refractivity contribution in [2.24, 2.45) is 28.2 Å². The molecule has 9 nitrogen and oxygen atoms in total. The molecular formula is C51H60N4O5S2. The summed E-state index contributed by atoms with van der Waals surface area (Å²) in [6.45, 7) is 1.28. The number of aromatic nitrogens is 1. The molecule has 11 heteroatoms. The molecule has 0 unspecified atom stereocenters. The minimum atomic E-state index is -0.729. The Morgan fingerprint density at radius 2 is 1.79 bits per heavy atom. The van der Waals surface area contributed by atoms with Crippen LogP contribution < -0.4 is 21.5 Å². The van der Waals surface area contributed by atoms with Gasteiger partial charge in [-0.25, -0.2) is 0 Å². The maximum atomic E-state index is 14.2. The van der Waals surface area contributed by atoms with E-state index in [9.17, 15) is 19.8 Å². The highest BCUT2D eigenvalue weighted by molar-refractivity contribution is 8.76. The molecule has 326 valence electrons. The second kappa shape index (κ2) is 19.5. The van der Waals surface area contributed by atoms with Gasteiger partial charge in [-0.15, -0.1) is 0 Å². The Hall–Kier alpha value is -4.44. The van der Waals surface area contributed by atoms with E-state index < -0.39 is 12.1 Å². The Kier molecular flexibility index (Phi) is 13.9. The van der Waals surface area contributed by atoms with Crippen LogP contribution in [0, 0.1) is 28.6 Å². The minimum absolute atomic E-state index is 0.0221. The average molecular weight is 873 g/mol. The lowest BCUT2D eigenvalue weighted by Gasteiger charge is -2.44. The number of benzene rings is 3. The third kappa shape index (κ3) is 9.85. The molecule has 4 aromatic rings. The van der Waals surface area contributed by atoms with Crippen molar-refractivity contribution in [3.63, 3.8) is 0 Å². The number of phenols is 2. The maximum absolute atomic E-state index is 14.2. The van der Waals surface area contributed by atoms with Gasteiger partial charge in [0.05, 0.1) is 19.2 Å². The molecule has 3 aliphatic carbocycles. The smallest absolute Gasteiger partial charge is 0.165 e. The van der Waals surface area contributed by atoms with E-state index in [4.69, 9.17) is 16.2 Å². The molecule has 3 aromatic carbocycles. The summed E-state index contributed by atoms with van der Waals surface area (Å²) in [5, 5.41) is 25.6. The fourth-order valence-electron chi connectivity index (χ4n) is 10.6. The van der Waals surface area contributed by atoms with Gasteiger partial charge in [0.25, 0.3) is 0 Å². The van der Waals surface area contributed by atoms with Crippen LogP contribution in [-0.2, 0) is 29.8 Å². The van der Waals surface area contributed by atoms with Crippen molar-refractivity contribution in [3.8, 4) is 29.1 Å². The summed E-state index contributed by atoms with van der Waals surface area (Å²) in [7, 11) is 5.75. The summed E-state index contributed by atoms with van der Waals surface area (Å²) >= 11 is 0. The third-order valence-corrected chi connectivity index (χ3v) is 16.5. The number of H-pyrrole nitrogens is 1. The van der Waals surface area contributed by atoms with Crippen molar-refractivity contribution in [1.29, 1.82) is 0 Å². The number of nitrogens with two attached hydrogens (primary N) is 2. The van der Waals surface area contributed by atoms with Gasteiger partial charge in [0.15, 0.2) is 23.1 Å². The van der Waals surface area contributed by atoms with E-state index in [1.165, 1.54) is 25.7 Å². The molecule has 8 rings (SSSR count). The van der Waals surface area contributed by atoms with Crippen LogP contribution >= 0.6 is 21.6 Å². The van der Waals surface area contributed by atoms with E-state index in [2.05, 4.69) is 34.3 Å². The second-order valence-electron chi connectivity index (χ2n) is 18.1. The minimum Gasteiger partial charge on any atom is -0.508 e. The number of carbonyl (C=O) groups is 2. The van der Waals surface area contributed by atoms with Gasteiger partial charge in [-0.05, 0) is 146 Å². The van der Waals surface area contributed by atoms with Crippen molar-refractivity contribution >= 4 is 33.2 Å². The lowest BCUT2D eigenvalue weighted by molar-refractivity contribution is -0.114. The number of fused-ring (bicyclic) bond motifs is 7. The number of rotatable bonds is 6. The Morgan fingerprint density at radius 1 is 0.952 bits per heavy atom. The zero-order chi connectivity index (χ0) is 43.3. The summed E-state index contributed by atoms with van der Waals surface area (Å²) in [6, 6.07) is 16.8. The van der Waals surface area contributed by atoms with Crippen molar-refractivity contribution < 1.29 is 24.5 Å². The zero-order valence-corrected chi connectivity index (χ0v) is 37.4. The van der Waals surface area contributed by atoms with Crippen LogP contribution in [0.3, 0.4) is 0 Å². The standard InChI is InChI=1S/C51H60N4O5S2/c1-54-22-3-2-6-37-14-18-50-20-21-51(37,31-50)19-15-38(56)11-8-33-10-13-46(58)48(26-33)60-24-17-34-9-12-45(57)43(25-34)42-29-47(59)39-16-23-55-44(39)7-4-5-35-27-41(49(52)53)36(28-40(35)42)30-61-62-32-50/h9-10,12-13,15-16,19,23,25-28,37,42,49,54-55,57-58H,2-3,6-8,11,14,17-18,20-22,24,29-32,52-53H2,1H3/b19-15+/t37-,42+,50+,51+/m1/s1. The lowest BCUT2D eigenvalue weighted by atomic mass is 9.62. The fraction of sp³-hybridized carbons (Fsp3) is 0.451. The predicted octanol–water partition coefficient (Wildman–Crippen LogP) is 9.19. The molecule has 2 saturated carbocycles. The van der Waals surface area contributed by atoms with Crippen LogP contribution in [-0.4, -0.2) is 52.7 Å². The molecule has 0 radical (unpaired) electrons. The number of phenolic OH excluding ortho intramolecular Hbond substituents is 2. The van der Waals surface area contributed by atoms with Gasteiger partial charge in [0, 0.05) is 65.3 Å². The number of aromatic hydroxyl groups is 2. The van der Waals surface area contributed by atoms with E-state index >= 15 is 0 Å². The molecule has 2 fully saturated rings. The van der Waals surface area contributed by atoms with Crippen molar-refractivity contribution in [2.45, 2.75) is 101 Å². The first-order chi connectivity index (χ1) is 30.0. The SMILES string of the molecule is CNCCCC[C@@H]1CC[C@@]23CC[C@@]1(/C=C/C(=O)CCc1ccc(O)c(c1)OCCc1ccc(O)c(c1)[C@H]1CC(=O)c4cc[nH]c4CC#Cc4cc(C(N)N)c(cc41)CSSC2)C3. The molecule has 0 spiro atoms. The fourth-order valence-corrected chi connectivity index (χ4v) is 13.4. The van der Waals surface area contributed by atoms with Gasteiger partial charge in [-0.2, -0.15) is 0 Å². The number of aromatic amines is 1. The van der Waals surface area contributed by atoms with Gasteiger partial charge in [0.2, 0.25) is 0 Å². The summed E-state index contributed by atoms with van der Waals surface area (Å²) < 4.78 is 6.17. The first-order valence-corrected chi connectivity index (χ1v) is 24.8. The van der Waals surface area contributed by atoms with E-state index in [0.717, 1.165) is 77.1 Å². The van der Waals surface area contributed by atoms with Gasteiger partial charge in [-0.3, -0.25) is 9.59 Å². The number of allylic oxidation sites excluding steroid dienone is 2. The largest absolute Gasteiger partial charge is 0.508 e. The third-order valence-electron chi connectivity index (χ3n) is 14.0. The number of unbranched alkanes of at least 4 members (excludes halogenated alkanes) is 1. The Morgan fingerprint density at radius 3 is 2.63 bits per heavy atom. The van der Waals surface area contributed by atoms with Crippen molar-refractivity contribution in [2.75, 3.05) is 26.0 Å². The van der Waals surface area contributed by atoms with Crippen molar-refractivity contribution in [3.05, 3.63) is 123 Å². The first-order valence-electron chi connectivity index (χ1n) is 22.3. The van der Waals surface area contributed by atoms with E-state index in [-0.39, 0.29) is 46.9 Å². The van der Waals surface area contributed by atoms with Gasteiger partial charge in [-0.1, -0.05) is 70.2 Å². The average Bonchev–Trinajstić information content (AvgIpc) is 3.86. The van der Waals surface area contributed by atoms with Crippen LogP contribution in [0.25, 0.3) is 0 Å². The quantitative estimate of drug-likeness (QED) is 0.0477. The maximum Gasteiger partial charge on any atom is 0.165 e. The van der Waals surface area contributed by atoms with Crippen molar-refractivity contribution in [1.82, 2.24) is 10.3 Å². The molecular weight excluding hydrogens is 813 g/mol. The Balaban J connectivity index is 1.16. The number of ketones is 2. The number of ether oxygens (including phenoxy) is 1. The number of hydrogen-bond acceptors (Lipinski definition) is 10. The summed E-state index contributed by atoms with van der Waals surface area (Å²) in [4.78, 5) is 30.9. The predicted molar refractivity (Wildman–Crippen MR) is 251 cm³/mol. The topological polar surface area (TPSA) is 164 Å². The number of hydrogen-bond donors (Lipinski definition) is 6. The monoisotopic (exact) mass is 872 g/mol. The second-order valence-corrected chi connectivity index (χ2v) is 20.5. The molecule has 1 aliphatic heterocycles. The summed E-state index contributed by atoms with van der Waals surface area (Å²) in [6.07, 6.45) is 16.4. The molecule has 0 saturated heterocycles. The highest BCUT2D eigenvalue weighted by Gasteiger charge is 2.53. The van der Waals surface area contributed by atoms with Gasteiger partial charge in [0.1, 0.15) is 5.75 Å². The molecule has 62 heavy (non-hydrogen) atoms. The normalized spacial score (nSPS) is 24.8. The Labute approximate surface area is 374 Å². The number of carbonyl (C=O) groups excluding carboxylic acids is 2. The molecule has 4 aliphatic rings. The zero-order valence-electron chi connectivity index (χ0n) is 35.8. The lowest BCUT2D eigenvalue weighted by Crippen LogP contribution is -2.35. The molecule has 8 N–H and O–H groups in total. The Bertz CT molecular complexity index is 2380. The van der Waals surface area contributed by atoms with Crippen LogP contribution in [0.4, 0.5) is 0 Å². The van der Waals surface area contributed by atoms with Crippen LogP contribution in [0.15, 0.2) is 72.9 Å². The van der Waals surface area contributed by atoms with Crippen LogP contribution in [0.5, 0.6) is 17.2 Å². The van der Waals surface area contributed by atoms with E-state index in [0.29, 0.717) is 54.2 Å². The van der Waals surface area contributed by atoms with Gasteiger partial charge >= 0.3 is 0 Å². The summed E-state index contributed by atoms with van der Waals surface area (Å²) in [5.41, 5.74) is 20.5. The van der Waals surface area contributed by atoms with Gasteiger partial charge < -0.3 is 36.7 Å². The molecule has 0 amide bonds. The molecule has 4 atom stereocenters. The van der Waals surface area contributed by atoms with Crippen LogP contribution in [0.1, 0.15) is 131 Å². The van der Waals surface area contributed by atoms with Crippen LogP contribution in [0.2, 0.25) is 0 Å². The number of aryl methyl sites for hydroxylation is 1. The van der Waals surface area contributed by atoms with E-state index in [1.54, 1.807) is 18.3 Å². The van der Waals surface area contributed by atoms with E-state index in [1.807, 2.05) is 71.1 Å². The number of Topliss-reactive ketones (excluding diaryl/α,β-unsaturated/α-hetero) is 1. The highest BCUT2D eigenvalue weighted by atomic mass is 33.1.